The predicted octanol–water partition coefficient (Wildman–Crippen LogP) is 3.73. The lowest BCUT2D eigenvalue weighted by Gasteiger charge is -2.14. The molecular weight excluding hydrogens is 488 g/mol. The van der Waals surface area contributed by atoms with Gasteiger partial charge in [-0.3, -0.25) is 4.79 Å². The van der Waals surface area contributed by atoms with Gasteiger partial charge in [-0.25, -0.2) is 25.5 Å². The number of aromatic nitrogens is 1. The molecule has 0 aliphatic rings. The van der Waals surface area contributed by atoms with E-state index in [4.69, 9.17) is 4.74 Å². The van der Waals surface area contributed by atoms with Crippen molar-refractivity contribution in [1.29, 1.82) is 0 Å². The molecule has 0 saturated carbocycles. The summed E-state index contributed by atoms with van der Waals surface area (Å²) in [5.41, 5.74) is 1.32. The van der Waals surface area contributed by atoms with Crippen LogP contribution in [0.2, 0.25) is 0 Å². The predicted molar refractivity (Wildman–Crippen MR) is 134 cm³/mol. The molecule has 1 atom stereocenters. The minimum Gasteiger partial charge on any atom is -0.497 e. The maximum Gasteiger partial charge on any atom is 0.268 e. The summed E-state index contributed by atoms with van der Waals surface area (Å²) in [5, 5.41) is 0.607. The number of nitrogens with zero attached hydrogens (tertiary/aromatic N) is 1. The lowest BCUT2D eigenvalue weighted by Crippen LogP contribution is -2.25. The second-order valence-corrected chi connectivity index (χ2v) is 11.7. The van der Waals surface area contributed by atoms with Crippen LogP contribution in [0.3, 0.4) is 0 Å². The minimum absolute atomic E-state index is 0.00271. The number of sulfonamides is 1. The van der Waals surface area contributed by atoms with Crippen molar-refractivity contribution in [2.45, 2.75) is 17.9 Å². The number of hydrogen-bond donors (Lipinski definition) is 1. The molecule has 35 heavy (non-hydrogen) atoms. The zero-order chi connectivity index (χ0) is 25.4. The third-order valence-corrected chi connectivity index (χ3v) is 8.08. The van der Waals surface area contributed by atoms with Gasteiger partial charge in [-0.15, -0.1) is 0 Å². The van der Waals surface area contributed by atoms with Gasteiger partial charge in [0, 0.05) is 17.0 Å². The smallest absolute Gasteiger partial charge is 0.268 e. The molecule has 8 nitrogen and oxygen atoms in total. The number of fused-ring (bicyclic) bond motifs is 1. The van der Waals surface area contributed by atoms with Gasteiger partial charge in [0.05, 0.1) is 23.8 Å². The molecule has 0 aliphatic heterocycles. The Morgan fingerprint density at radius 1 is 0.914 bits per heavy atom. The molecule has 0 radical (unpaired) electrons. The number of hydrogen-bond acceptors (Lipinski definition) is 6. The molecular formula is C25H24N2O6S2. The number of rotatable bonds is 8. The van der Waals surface area contributed by atoms with Crippen LogP contribution in [0.1, 0.15) is 34.6 Å². The van der Waals surface area contributed by atoms with Gasteiger partial charge in [0.15, 0.2) is 0 Å². The normalized spacial score (nSPS) is 13.0. The molecule has 1 N–H and O–H groups in total. The van der Waals surface area contributed by atoms with Gasteiger partial charge in [-0.05, 0) is 48.9 Å². The first-order chi connectivity index (χ1) is 16.5. The number of ether oxygens (including phenoxy) is 1. The van der Waals surface area contributed by atoms with Crippen molar-refractivity contribution < 1.29 is 26.4 Å². The van der Waals surface area contributed by atoms with Crippen LogP contribution in [-0.2, 0) is 20.0 Å². The summed E-state index contributed by atoms with van der Waals surface area (Å²) in [7, 11) is -6.02. The molecule has 0 saturated heterocycles. The molecule has 0 fully saturated rings. The second kappa shape index (κ2) is 9.29. The Kier molecular flexibility index (Phi) is 6.54. The molecule has 0 amide bonds. The van der Waals surface area contributed by atoms with Crippen molar-refractivity contribution in [1.82, 2.24) is 8.69 Å². The summed E-state index contributed by atoms with van der Waals surface area (Å²) in [4.78, 5) is 13.5. The highest BCUT2D eigenvalue weighted by atomic mass is 32.2. The highest BCUT2D eigenvalue weighted by Crippen LogP contribution is 2.28. The van der Waals surface area contributed by atoms with Gasteiger partial charge >= 0.3 is 0 Å². The van der Waals surface area contributed by atoms with Gasteiger partial charge < -0.3 is 4.74 Å². The number of nitrogens with one attached hydrogen (secondary N) is 1. The fourth-order valence-corrected chi connectivity index (χ4v) is 6.15. The SMILES string of the molecule is COc1ccc(S(=O)(=O)n2c(C(=O)c3ccc(C(C)NS(C)(=O)=O)cc3)cc3ccccc32)cc1. The Bertz CT molecular complexity index is 1610. The van der Waals surface area contributed by atoms with Gasteiger partial charge in [0.1, 0.15) is 11.4 Å². The zero-order valence-electron chi connectivity index (χ0n) is 19.3. The van der Waals surface area contributed by atoms with Gasteiger partial charge in [-0.2, -0.15) is 0 Å². The number of carbonyl (C=O) groups is 1. The number of methoxy groups -OCH3 is 1. The van der Waals surface area contributed by atoms with Gasteiger partial charge in [-0.1, -0.05) is 42.5 Å². The molecule has 1 unspecified atom stereocenters. The van der Waals surface area contributed by atoms with Crippen LogP contribution >= 0.6 is 0 Å². The molecule has 182 valence electrons. The number of ketones is 1. The summed E-state index contributed by atoms with van der Waals surface area (Å²) in [6.07, 6.45) is 1.07. The van der Waals surface area contributed by atoms with E-state index in [1.165, 1.54) is 19.2 Å². The van der Waals surface area contributed by atoms with E-state index < -0.39 is 31.9 Å². The number of para-hydroxylation sites is 1. The summed E-state index contributed by atoms with van der Waals surface area (Å²) < 4.78 is 59.0. The average molecular weight is 513 g/mol. The third-order valence-electron chi connectivity index (χ3n) is 5.56. The van der Waals surface area contributed by atoms with Crippen LogP contribution in [0.25, 0.3) is 10.9 Å². The van der Waals surface area contributed by atoms with Crippen molar-refractivity contribution in [3.63, 3.8) is 0 Å². The Hall–Kier alpha value is -3.47. The maximum atomic E-state index is 13.6. The lowest BCUT2D eigenvalue weighted by atomic mass is 10.0. The third kappa shape index (κ3) is 5.00. The highest BCUT2D eigenvalue weighted by molar-refractivity contribution is 7.90. The second-order valence-electron chi connectivity index (χ2n) is 8.10. The quantitative estimate of drug-likeness (QED) is 0.360. The van der Waals surface area contributed by atoms with E-state index in [0.29, 0.717) is 22.2 Å². The fraction of sp³-hybridized carbons (Fsp3) is 0.160. The monoisotopic (exact) mass is 512 g/mol. The topological polar surface area (TPSA) is 112 Å². The van der Waals surface area contributed by atoms with E-state index in [-0.39, 0.29) is 16.2 Å². The Balaban J connectivity index is 1.79. The summed E-state index contributed by atoms with van der Waals surface area (Å²) in [6, 6.07) is 20.3. The molecule has 0 bridgehead atoms. The molecule has 10 heteroatoms. The van der Waals surface area contributed by atoms with E-state index >= 15 is 0 Å². The van der Waals surface area contributed by atoms with Crippen molar-refractivity contribution in [3.05, 3.63) is 95.7 Å². The molecule has 3 aromatic carbocycles. The Morgan fingerprint density at radius 3 is 2.14 bits per heavy atom. The molecule has 4 aromatic rings. The highest BCUT2D eigenvalue weighted by Gasteiger charge is 2.27. The van der Waals surface area contributed by atoms with Crippen LogP contribution < -0.4 is 9.46 Å². The lowest BCUT2D eigenvalue weighted by molar-refractivity contribution is 0.103. The van der Waals surface area contributed by atoms with E-state index in [1.54, 1.807) is 73.7 Å². The van der Waals surface area contributed by atoms with Gasteiger partial charge in [0.2, 0.25) is 15.8 Å². The van der Waals surface area contributed by atoms with Crippen molar-refractivity contribution >= 4 is 36.7 Å². The van der Waals surface area contributed by atoms with Crippen LogP contribution in [-0.4, -0.2) is 40.0 Å². The molecule has 1 heterocycles. The summed E-state index contributed by atoms with van der Waals surface area (Å²) in [5.74, 6) is 0.0332. The standard InChI is InChI=1S/C25H24N2O6S2/c1-17(26-34(3,29)30)18-8-10-19(11-9-18)25(28)24-16-20-6-4-5-7-23(20)27(24)35(31,32)22-14-12-21(33-2)13-15-22/h4-17,26H,1-3H3. The molecule has 4 rings (SSSR count). The van der Waals surface area contributed by atoms with Crippen molar-refractivity contribution in [3.8, 4) is 5.75 Å². The largest absolute Gasteiger partial charge is 0.497 e. The van der Waals surface area contributed by atoms with E-state index in [0.717, 1.165) is 10.2 Å². The van der Waals surface area contributed by atoms with Crippen LogP contribution in [0.4, 0.5) is 0 Å². The van der Waals surface area contributed by atoms with Crippen LogP contribution in [0, 0.1) is 0 Å². The van der Waals surface area contributed by atoms with Crippen molar-refractivity contribution in [2.24, 2.45) is 0 Å². The number of benzene rings is 3. The average Bonchev–Trinajstić information content (AvgIpc) is 3.23. The summed E-state index contributed by atoms with van der Waals surface area (Å²) in [6.45, 7) is 1.69. The minimum atomic E-state index is -4.11. The first kappa shape index (κ1) is 24.6. The maximum absolute atomic E-state index is 13.6. The Morgan fingerprint density at radius 2 is 1.54 bits per heavy atom. The summed E-state index contributed by atoms with van der Waals surface area (Å²) >= 11 is 0. The van der Waals surface area contributed by atoms with E-state index in [2.05, 4.69) is 4.72 Å². The molecule has 1 aromatic heterocycles. The molecule has 0 aliphatic carbocycles. The van der Waals surface area contributed by atoms with Gasteiger partial charge in [0.25, 0.3) is 10.0 Å². The Labute approximate surface area is 204 Å². The first-order valence-electron chi connectivity index (χ1n) is 10.6. The first-order valence-corrected chi connectivity index (χ1v) is 14.0. The zero-order valence-corrected chi connectivity index (χ0v) is 20.9. The van der Waals surface area contributed by atoms with Crippen LogP contribution in [0.5, 0.6) is 5.75 Å². The fourth-order valence-electron chi connectivity index (χ4n) is 3.86. The molecule has 0 spiro atoms. The van der Waals surface area contributed by atoms with E-state index in [1.807, 2.05) is 0 Å². The number of carbonyl (C=O) groups excluding carboxylic acids is 1. The van der Waals surface area contributed by atoms with Crippen molar-refractivity contribution in [2.75, 3.05) is 13.4 Å². The van der Waals surface area contributed by atoms with E-state index in [9.17, 15) is 21.6 Å². The van der Waals surface area contributed by atoms with Crippen LogP contribution in [0.15, 0.2) is 83.8 Å².